The maximum absolute atomic E-state index is 13.2. The van der Waals surface area contributed by atoms with Gasteiger partial charge in [-0.2, -0.15) is 13.2 Å². The number of carbonyl (C=O) groups excluding carboxylic acids is 1. The largest absolute Gasteiger partial charge is 0.481 e. The van der Waals surface area contributed by atoms with Gasteiger partial charge >= 0.3 is 12.3 Å². The number of rotatable bonds is 8. The van der Waals surface area contributed by atoms with Crippen molar-refractivity contribution in [3.63, 3.8) is 0 Å². The van der Waals surface area contributed by atoms with E-state index < -0.39 is 35.9 Å². The van der Waals surface area contributed by atoms with E-state index in [9.17, 15) is 28.2 Å². The van der Waals surface area contributed by atoms with E-state index in [1.807, 2.05) is 48.5 Å². The lowest BCUT2D eigenvalue weighted by Crippen LogP contribution is -2.30. The van der Waals surface area contributed by atoms with Gasteiger partial charge in [0.15, 0.2) is 0 Å². The van der Waals surface area contributed by atoms with Gasteiger partial charge in [0.25, 0.3) is 0 Å². The molecule has 190 valence electrons. The van der Waals surface area contributed by atoms with Crippen LogP contribution >= 0.6 is 0 Å². The number of pyridine rings is 1. The lowest BCUT2D eigenvalue weighted by atomic mass is 9.98. The first kappa shape index (κ1) is 25.5. The predicted octanol–water partition coefficient (Wildman–Crippen LogP) is 4.43. The fourth-order valence-electron chi connectivity index (χ4n) is 4.35. The summed E-state index contributed by atoms with van der Waals surface area (Å²) in [7, 11) is 1.05. The Balaban J connectivity index is 1.30. The van der Waals surface area contributed by atoms with Gasteiger partial charge in [0.1, 0.15) is 18.3 Å². The highest BCUT2D eigenvalue weighted by Gasteiger charge is 2.36. The van der Waals surface area contributed by atoms with Gasteiger partial charge in [0, 0.05) is 24.2 Å². The highest BCUT2D eigenvalue weighted by atomic mass is 19.4. The number of benzene rings is 2. The maximum Gasteiger partial charge on any atom is 0.421 e. The van der Waals surface area contributed by atoms with Crippen LogP contribution in [0.3, 0.4) is 0 Å². The summed E-state index contributed by atoms with van der Waals surface area (Å²) in [5.41, 5.74) is 2.94. The van der Waals surface area contributed by atoms with Crippen molar-refractivity contribution in [2.45, 2.75) is 30.7 Å². The van der Waals surface area contributed by atoms with Gasteiger partial charge in [-0.15, -0.1) is 0 Å². The lowest BCUT2D eigenvalue weighted by Gasteiger charge is -2.20. The zero-order valence-electron chi connectivity index (χ0n) is 19.3. The van der Waals surface area contributed by atoms with Crippen LogP contribution in [0.5, 0.6) is 5.88 Å². The molecule has 3 aromatic rings. The van der Waals surface area contributed by atoms with Gasteiger partial charge in [-0.25, -0.2) is 9.78 Å². The van der Waals surface area contributed by atoms with Gasteiger partial charge in [-0.1, -0.05) is 48.5 Å². The number of carbonyl (C=O) groups is 1. The van der Waals surface area contributed by atoms with Crippen molar-refractivity contribution in [2.75, 3.05) is 20.3 Å². The second-order valence-electron chi connectivity index (χ2n) is 8.38. The number of hydrogen-bond acceptors (Lipinski definition) is 6. The number of alkyl carbamates (subject to hydrolysis) is 1. The Labute approximate surface area is 205 Å². The number of nitrogens with one attached hydrogen (secondary N) is 1. The molecule has 0 fully saturated rings. The predicted molar refractivity (Wildman–Crippen MR) is 124 cm³/mol. The van der Waals surface area contributed by atoms with Crippen LogP contribution in [0.2, 0.25) is 0 Å². The molecule has 2 unspecified atom stereocenters. The molecule has 3 N–H and O–H groups in total. The SMILES string of the molecule is COc1ncc(C(O)C(O)CCNC(=O)OCC2c3ccccc3-c3ccccc32)cc1C(F)(F)F. The molecule has 2 aromatic carbocycles. The topological polar surface area (TPSA) is 101 Å². The van der Waals surface area contributed by atoms with Gasteiger partial charge in [0.2, 0.25) is 5.88 Å². The van der Waals surface area contributed by atoms with E-state index in [0.717, 1.165) is 35.6 Å². The molecule has 1 heterocycles. The van der Waals surface area contributed by atoms with Crippen LogP contribution in [-0.2, 0) is 10.9 Å². The Morgan fingerprint density at radius 1 is 1.08 bits per heavy atom. The quantitative estimate of drug-likeness (QED) is 0.421. The van der Waals surface area contributed by atoms with E-state index in [1.54, 1.807) is 0 Å². The third kappa shape index (κ3) is 5.29. The number of alkyl halides is 3. The number of nitrogens with zero attached hydrogens (tertiary/aromatic N) is 1. The Morgan fingerprint density at radius 2 is 1.69 bits per heavy atom. The molecule has 0 saturated heterocycles. The highest BCUT2D eigenvalue weighted by molar-refractivity contribution is 5.79. The molecule has 4 rings (SSSR count). The molecule has 1 aromatic heterocycles. The van der Waals surface area contributed by atoms with Crippen LogP contribution in [0.1, 0.15) is 40.7 Å². The van der Waals surface area contributed by atoms with Gasteiger partial charge < -0.3 is 25.0 Å². The number of aromatic nitrogens is 1. The summed E-state index contributed by atoms with van der Waals surface area (Å²) in [5, 5.41) is 23.0. The second kappa shape index (κ2) is 10.5. The molecule has 1 aliphatic rings. The van der Waals surface area contributed by atoms with E-state index in [4.69, 9.17) is 4.74 Å². The van der Waals surface area contributed by atoms with Crippen molar-refractivity contribution >= 4 is 6.09 Å². The zero-order chi connectivity index (χ0) is 25.9. The Bertz CT molecular complexity index is 1190. The molecule has 0 radical (unpaired) electrons. The standard InChI is InChI=1S/C26H25F3N2O5/c1-35-24-21(26(27,28)29)12-15(13-31-24)23(33)22(32)10-11-30-25(34)36-14-20-18-8-4-2-6-16(18)17-7-3-5-9-19(17)20/h2-9,12-13,20,22-23,32-33H,10-11,14H2,1H3,(H,30,34). The fraction of sp³-hybridized carbons (Fsp3) is 0.308. The molecule has 36 heavy (non-hydrogen) atoms. The van der Waals surface area contributed by atoms with Crippen molar-refractivity contribution in [3.05, 3.63) is 83.0 Å². The van der Waals surface area contributed by atoms with E-state index in [1.165, 1.54) is 0 Å². The lowest BCUT2D eigenvalue weighted by molar-refractivity contribution is -0.139. The van der Waals surface area contributed by atoms with Crippen LogP contribution < -0.4 is 10.1 Å². The fourth-order valence-corrected chi connectivity index (χ4v) is 4.35. The highest BCUT2D eigenvalue weighted by Crippen LogP contribution is 2.44. The number of amides is 1. The van der Waals surface area contributed by atoms with E-state index in [2.05, 4.69) is 15.0 Å². The molecule has 1 aliphatic carbocycles. The molecule has 7 nitrogen and oxygen atoms in total. The Kier molecular flexibility index (Phi) is 7.46. The third-order valence-electron chi connectivity index (χ3n) is 6.13. The van der Waals surface area contributed by atoms with Crippen molar-refractivity contribution in [1.82, 2.24) is 10.3 Å². The monoisotopic (exact) mass is 502 g/mol. The number of aliphatic hydroxyl groups is 2. The smallest absolute Gasteiger partial charge is 0.421 e. The molecule has 1 amide bonds. The minimum absolute atomic E-state index is 0.0649. The third-order valence-corrected chi connectivity index (χ3v) is 6.13. The summed E-state index contributed by atoms with van der Waals surface area (Å²) in [6.07, 6.45) is -7.67. The van der Waals surface area contributed by atoms with Gasteiger partial charge in [-0.3, -0.25) is 0 Å². The number of methoxy groups -OCH3 is 1. The normalized spacial score (nSPS) is 14.5. The summed E-state index contributed by atoms with van der Waals surface area (Å²) in [6.45, 7) is 0.0490. The van der Waals surface area contributed by atoms with Crippen molar-refractivity contribution in [1.29, 1.82) is 0 Å². The average Bonchev–Trinajstić information content (AvgIpc) is 3.19. The van der Waals surface area contributed by atoms with E-state index in [-0.39, 0.29) is 31.1 Å². The number of aliphatic hydroxyl groups excluding tert-OH is 2. The number of hydrogen-bond donors (Lipinski definition) is 3. The summed E-state index contributed by atoms with van der Waals surface area (Å²) in [6, 6.07) is 16.5. The van der Waals surface area contributed by atoms with Crippen molar-refractivity contribution in [2.24, 2.45) is 0 Å². The summed E-state index contributed by atoms with van der Waals surface area (Å²) in [4.78, 5) is 15.8. The first-order chi connectivity index (χ1) is 17.2. The maximum atomic E-state index is 13.2. The van der Waals surface area contributed by atoms with Crippen molar-refractivity contribution in [3.8, 4) is 17.0 Å². The molecule has 2 atom stereocenters. The second-order valence-corrected chi connectivity index (χ2v) is 8.38. The van der Waals surface area contributed by atoms with Crippen LogP contribution in [0, 0.1) is 0 Å². The number of fused-ring (bicyclic) bond motifs is 3. The molecule has 10 heteroatoms. The van der Waals surface area contributed by atoms with E-state index in [0.29, 0.717) is 6.07 Å². The molecule has 0 aliphatic heterocycles. The zero-order valence-corrected chi connectivity index (χ0v) is 19.3. The van der Waals surface area contributed by atoms with Gasteiger partial charge in [0.05, 0.1) is 13.2 Å². The Morgan fingerprint density at radius 3 is 2.28 bits per heavy atom. The molecule has 0 saturated carbocycles. The van der Waals surface area contributed by atoms with Crippen molar-refractivity contribution < 1.29 is 37.7 Å². The molecule has 0 spiro atoms. The van der Waals surface area contributed by atoms with Crippen LogP contribution in [0.15, 0.2) is 60.8 Å². The summed E-state index contributed by atoms with van der Waals surface area (Å²) >= 11 is 0. The van der Waals surface area contributed by atoms with Crippen LogP contribution in [-0.4, -0.2) is 47.7 Å². The van der Waals surface area contributed by atoms with Crippen LogP contribution in [0.25, 0.3) is 11.1 Å². The number of ether oxygens (including phenoxy) is 2. The number of halogens is 3. The minimum Gasteiger partial charge on any atom is -0.481 e. The molecule has 0 bridgehead atoms. The van der Waals surface area contributed by atoms with Gasteiger partial charge in [-0.05, 0) is 34.7 Å². The molecular weight excluding hydrogens is 477 g/mol. The Hall–Kier alpha value is -3.63. The van der Waals surface area contributed by atoms with Crippen LogP contribution in [0.4, 0.5) is 18.0 Å². The summed E-state index contributed by atoms with van der Waals surface area (Å²) in [5.74, 6) is -0.745. The summed E-state index contributed by atoms with van der Waals surface area (Å²) < 4.78 is 49.6. The minimum atomic E-state index is -4.75. The first-order valence-electron chi connectivity index (χ1n) is 11.3. The first-order valence-corrected chi connectivity index (χ1v) is 11.3. The average molecular weight is 502 g/mol. The van der Waals surface area contributed by atoms with E-state index >= 15 is 0 Å². The molecular formula is C26H25F3N2O5.